The minimum Gasteiger partial charge on any atom is -0.350 e. The maximum Gasteiger partial charge on any atom is 0.270 e. The van der Waals surface area contributed by atoms with E-state index in [-0.39, 0.29) is 17.8 Å². The van der Waals surface area contributed by atoms with Crippen LogP contribution in [0.2, 0.25) is 0 Å². The van der Waals surface area contributed by atoms with E-state index < -0.39 is 0 Å². The van der Waals surface area contributed by atoms with Crippen LogP contribution >= 0.6 is 0 Å². The lowest BCUT2D eigenvalue weighted by atomic mass is 10.2. The third kappa shape index (κ3) is 5.02. The highest BCUT2D eigenvalue weighted by Crippen LogP contribution is 2.09. The Bertz CT molecular complexity index is 673. The standard InChI is InChI=1S/C17H21FN4O/c1-4-11(2)20-16(23)15-9-12(3)21-17(22-15)19-10-13-5-7-14(18)8-6-13/h5-9,11H,4,10H2,1-3H3,(H,20,23)(H,19,21,22). The number of benzene rings is 1. The highest BCUT2D eigenvalue weighted by molar-refractivity contribution is 5.92. The fourth-order valence-electron chi connectivity index (χ4n) is 1.95. The highest BCUT2D eigenvalue weighted by Gasteiger charge is 2.12. The zero-order valence-electron chi connectivity index (χ0n) is 13.6. The summed E-state index contributed by atoms with van der Waals surface area (Å²) in [5, 5.41) is 5.94. The molecule has 1 aromatic heterocycles. The molecule has 1 aromatic carbocycles. The highest BCUT2D eigenvalue weighted by atomic mass is 19.1. The van der Waals surface area contributed by atoms with Gasteiger partial charge in [0.25, 0.3) is 5.91 Å². The molecule has 0 saturated heterocycles. The van der Waals surface area contributed by atoms with Crippen LogP contribution in [-0.4, -0.2) is 21.9 Å². The number of amides is 1. The SMILES string of the molecule is CCC(C)NC(=O)c1cc(C)nc(NCc2ccc(F)cc2)n1. The Kier molecular flexibility index (Phi) is 5.62. The average Bonchev–Trinajstić information content (AvgIpc) is 2.53. The van der Waals surface area contributed by atoms with Gasteiger partial charge in [0.15, 0.2) is 0 Å². The molecule has 0 saturated carbocycles. The van der Waals surface area contributed by atoms with E-state index in [0.29, 0.717) is 23.9 Å². The lowest BCUT2D eigenvalue weighted by Gasteiger charge is -2.12. The molecule has 2 N–H and O–H groups in total. The molecule has 1 amide bonds. The molecule has 2 rings (SSSR count). The largest absolute Gasteiger partial charge is 0.350 e. The maximum absolute atomic E-state index is 12.9. The Balaban J connectivity index is 2.07. The van der Waals surface area contributed by atoms with Gasteiger partial charge in [0.2, 0.25) is 5.95 Å². The number of nitrogens with zero attached hydrogens (tertiary/aromatic N) is 2. The number of rotatable bonds is 6. The van der Waals surface area contributed by atoms with Crippen LogP contribution in [0.4, 0.5) is 10.3 Å². The van der Waals surface area contributed by atoms with Crippen molar-refractivity contribution in [3.05, 3.63) is 53.1 Å². The molecule has 0 radical (unpaired) electrons. The third-order valence-electron chi connectivity index (χ3n) is 3.44. The van der Waals surface area contributed by atoms with Crippen molar-refractivity contribution in [3.63, 3.8) is 0 Å². The second kappa shape index (κ2) is 7.67. The molecule has 5 nitrogen and oxygen atoms in total. The third-order valence-corrected chi connectivity index (χ3v) is 3.44. The van der Waals surface area contributed by atoms with Crippen molar-refractivity contribution in [2.45, 2.75) is 39.8 Å². The molecular weight excluding hydrogens is 295 g/mol. The van der Waals surface area contributed by atoms with Crippen LogP contribution in [0.5, 0.6) is 0 Å². The Morgan fingerprint density at radius 2 is 1.96 bits per heavy atom. The number of carbonyl (C=O) groups excluding carboxylic acids is 1. The summed E-state index contributed by atoms with van der Waals surface area (Å²) in [5.74, 6) is -0.108. The maximum atomic E-state index is 12.9. The Hall–Kier alpha value is -2.50. The lowest BCUT2D eigenvalue weighted by molar-refractivity contribution is 0.0934. The van der Waals surface area contributed by atoms with Crippen molar-refractivity contribution in [1.29, 1.82) is 0 Å². The van der Waals surface area contributed by atoms with Gasteiger partial charge in [-0.3, -0.25) is 4.79 Å². The van der Waals surface area contributed by atoms with Gasteiger partial charge < -0.3 is 10.6 Å². The van der Waals surface area contributed by atoms with E-state index in [9.17, 15) is 9.18 Å². The fourth-order valence-corrected chi connectivity index (χ4v) is 1.95. The van der Waals surface area contributed by atoms with Gasteiger partial charge in [-0.15, -0.1) is 0 Å². The molecule has 0 aliphatic heterocycles. The summed E-state index contributed by atoms with van der Waals surface area (Å²) < 4.78 is 12.9. The summed E-state index contributed by atoms with van der Waals surface area (Å²) in [6.07, 6.45) is 0.853. The van der Waals surface area contributed by atoms with Crippen LogP contribution in [-0.2, 0) is 6.54 Å². The topological polar surface area (TPSA) is 66.9 Å². The number of aryl methyl sites for hydroxylation is 1. The smallest absolute Gasteiger partial charge is 0.270 e. The van der Waals surface area contributed by atoms with Gasteiger partial charge in [-0.25, -0.2) is 14.4 Å². The van der Waals surface area contributed by atoms with E-state index in [1.807, 2.05) is 20.8 Å². The molecule has 23 heavy (non-hydrogen) atoms. The van der Waals surface area contributed by atoms with E-state index in [1.54, 1.807) is 18.2 Å². The first-order valence-electron chi connectivity index (χ1n) is 7.62. The first-order valence-corrected chi connectivity index (χ1v) is 7.62. The molecule has 1 heterocycles. The van der Waals surface area contributed by atoms with Gasteiger partial charge in [-0.05, 0) is 44.0 Å². The molecule has 1 atom stereocenters. The monoisotopic (exact) mass is 316 g/mol. The zero-order valence-corrected chi connectivity index (χ0v) is 13.6. The number of nitrogens with one attached hydrogen (secondary N) is 2. The lowest BCUT2D eigenvalue weighted by Crippen LogP contribution is -2.32. The van der Waals surface area contributed by atoms with E-state index in [0.717, 1.165) is 12.0 Å². The van der Waals surface area contributed by atoms with Crippen LogP contribution in [0.25, 0.3) is 0 Å². The Labute approximate surface area is 135 Å². The first-order chi connectivity index (χ1) is 11.0. The van der Waals surface area contributed by atoms with Crippen LogP contribution in [0, 0.1) is 12.7 Å². The van der Waals surface area contributed by atoms with E-state index in [2.05, 4.69) is 20.6 Å². The summed E-state index contributed by atoms with van der Waals surface area (Å²) in [5.41, 5.74) is 1.94. The van der Waals surface area contributed by atoms with Crippen molar-refractivity contribution in [2.24, 2.45) is 0 Å². The summed E-state index contributed by atoms with van der Waals surface area (Å²) in [6.45, 7) is 6.21. The zero-order chi connectivity index (χ0) is 16.8. The molecule has 0 fully saturated rings. The summed E-state index contributed by atoms with van der Waals surface area (Å²) >= 11 is 0. The molecule has 122 valence electrons. The van der Waals surface area contributed by atoms with Crippen LogP contribution in [0.15, 0.2) is 30.3 Å². The number of hydrogen-bond acceptors (Lipinski definition) is 4. The first kappa shape index (κ1) is 16.9. The van der Waals surface area contributed by atoms with Crippen molar-refractivity contribution in [3.8, 4) is 0 Å². The quantitative estimate of drug-likeness (QED) is 0.859. The second-order valence-electron chi connectivity index (χ2n) is 5.48. The minimum atomic E-state index is -0.274. The minimum absolute atomic E-state index is 0.0911. The van der Waals surface area contributed by atoms with Gasteiger partial charge in [-0.2, -0.15) is 0 Å². The predicted molar refractivity (Wildman–Crippen MR) is 87.7 cm³/mol. The number of carbonyl (C=O) groups is 1. The van der Waals surface area contributed by atoms with Crippen LogP contribution in [0.3, 0.4) is 0 Å². The van der Waals surface area contributed by atoms with Crippen LogP contribution in [0.1, 0.15) is 42.0 Å². The van der Waals surface area contributed by atoms with Crippen molar-refractivity contribution in [2.75, 3.05) is 5.32 Å². The second-order valence-corrected chi connectivity index (χ2v) is 5.48. The summed E-state index contributed by atoms with van der Waals surface area (Å²) in [6, 6.07) is 7.93. The molecule has 0 aliphatic carbocycles. The van der Waals surface area contributed by atoms with Crippen molar-refractivity contribution < 1.29 is 9.18 Å². The summed E-state index contributed by atoms with van der Waals surface area (Å²) in [7, 11) is 0. The molecule has 1 unspecified atom stereocenters. The molecule has 0 spiro atoms. The van der Waals surface area contributed by atoms with E-state index >= 15 is 0 Å². The number of halogens is 1. The van der Waals surface area contributed by atoms with Gasteiger partial charge in [-0.1, -0.05) is 19.1 Å². The normalized spacial score (nSPS) is 11.8. The van der Waals surface area contributed by atoms with Crippen molar-refractivity contribution in [1.82, 2.24) is 15.3 Å². The van der Waals surface area contributed by atoms with E-state index in [4.69, 9.17) is 0 Å². The number of hydrogen-bond donors (Lipinski definition) is 2. The Morgan fingerprint density at radius 1 is 1.26 bits per heavy atom. The molecule has 2 aromatic rings. The Morgan fingerprint density at radius 3 is 2.61 bits per heavy atom. The predicted octanol–water partition coefficient (Wildman–Crippen LogP) is 3.06. The van der Waals surface area contributed by atoms with Gasteiger partial charge in [0, 0.05) is 18.3 Å². The number of anilines is 1. The summed E-state index contributed by atoms with van der Waals surface area (Å²) in [4.78, 5) is 20.7. The fraction of sp³-hybridized carbons (Fsp3) is 0.353. The van der Waals surface area contributed by atoms with E-state index in [1.165, 1.54) is 12.1 Å². The average molecular weight is 316 g/mol. The molecule has 0 aliphatic rings. The van der Waals surface area contributed by atoms with Crippen molar-refractivity contribution >= 4 is 11.9 Å². The molecule has 6 heteroatoms. The molecular formula is C17H21FN4O. The molecule has 0 bridgehead atoms. The van der Waals surface area contributed by atoms with Gasteiger partial charge in [0.05, 0.1) is 0 Å². The van der Waals surface area contributed by atoms with Gasteiger partial charge >= 0.3 is 0 Å². The number of aromatic nitrogens is 2. The van der Waals surface area contributed by atoms with Crippen LogP contribution < -0.4 is 10.6 Å². The van der Waals surface area contributed by atoms with Gasteiger partial charge in [0.1, 0.15) is 11.5 Å².